The normalized spacial score (nSPS) is 12.4. The molecule has 0 atom stereocenters. The van der Waals surface area contributed by atoms with Crippen molar-refractivity contribution in [2.75, 3.05) is 24.0 Å². The number of sulfone groups is 1. The van der Waals surface area contributed by atoms with Crippen LogP contribution in [0.2, 0.25) is 0 Å². The molecule has 0 amide bonds. The Hall–Kier alpha value is -0.740. The molecule has 0 radical (unpaired) electrons. The van der Waals surface area contributed by atoms with Crippen LogP contribution in [0.15, 0.2) is 29.2 Å². The Morgan fingerprint density at radius 2 is 1.79 bits per heavy atom. The molecule has 5 heteroatoms. The fourth-order valence-corrected chi connectivity index (χ4v) is 2.56. The largest absolute Gasteiger partial charge is 0.385 e. The summed E-state index contributed by atoms with van der Waals surface area (Å²) in [6.07, 6.45) is 3.28. The Kier molecular flexibility index (Phi) is 5.68. The second-order valence-electron chi connectivity index (χ2n) is 5.61. The van der Waals surface area contributed by atoms with Crippen LogP contribution in [0.25, 0.3) is 0 Å². The van der Waals surface area contributed by atoms with Gasteiger partial charge in [-0.05, 0) is 42.5 Å². The maximum absolute atomic E-state index is 11.3. The maximum Gasteiger partial charge on any atom is 0.175 e. The zero-order chi connectivity index (χ0) is 14.5. The summed E-state index contributed by atoms with van der Waals surface area (Å²) in [6, 6.07) is 6.86. The number of halogens is 1. The van der Waals surface area contributed by atoms with Crippen LogP contribution in [0, 0.1) is 5.41 Å². The average molecular weight is 304 g/mol. The lowest BCUT2D eigenvalue weighted by molar-refractivity contribution is 0.355. The van der Waals surface area contributed by atoms with E-state index in [4.69, 9.17) is 11.6 Å². The van der Waals surface area contributed by atoms with Gasteiger partial charge >= 0.3 is 0 Å². The second-order valence-corrected chi connectivity index (χ2v) is 8.00. The minimum Gasteiger partial charge on any atom is -0.385 e. The van der Waals surface area contributed by atoms with Crippen molar-refractivity contribution in [1.29, 1.82) is 0 Å². The molecule has 19 heavy (non-hydrogen) atoms. The summed E-state index contributed by atoms with van der Waals surface area (Å²) >= 11 is 5.71. The molecule has 0 fully saturated rings. The highest BCUT2D eigenvalue weighted by Crippen LogP contribution is 2.23. The van der Waals surface area contributed by atoms with E-state index in [9.17, 15) is 8.42 Å². The summed E-state index contributed by atoms with van der Waals surface area (Å²) in [5.74, 6) is 0.687. The Labute approximate surface area is 121 Å². The summed E-state index contributed by atoms with van der Waals surface area (Å²) in [5.41, 5.74) is 1.11. The molecular weight excluding hydrogens is 282 g/mol. The summed E-state index contributed by atoms with van der Waals surface area (Å²) < 4.78 is 22.7. The molecule has 0 spiro atoms. The molecule has 0 aliphatic carbocycles. The molecule has 0 aliphatic rings. The van der Waals surface area contributed by atoms with Crippen LogP contribution in [0.5, 0.6) is 0 Å². The number of benzene rings is 1. The van der Waals surface area contributed by atoms with Crippen molar-refractivity contribution in [3.8, 4) is 0 Å². The average Bonchev–Trinajstić information content (AvgIpc) is 2.34. The van der Waals surface area contributed by atoms with Gasteiger partial charge in [0.1, 0.15) is 0 Å². The van der Waals surface area contributed by atoms with Crippen molar-refractivity contribution >= 4 is 27.1 Å². The predicted octanol–water partition coefficient (Wildman–Crippen LogP) is 3.55. The summed E-state index contributed by atoms with van der Waals surface area (Å²) in [7, 11) is -3.12. The lowest BCUT2D eigenvalue weighted by atomic mass is 9.88. The fraction of sp³-hybridized carbons (Fsp3) is 0.571. The van der Waals surface area contributed by atoms with E-state index in [0.717, 1.165) is 25.1 Å². The van der Waals surface area contributed by atoms with Crippen LogP contribution < -0.4 is 5.32 Å². The van der Waals surface area contributed by atoms with Crippen molar-refractivity contribution in [3.05, 3.63) is 24.3 Å². The van der Waals surface area contributed by atoms with Gasteiger partial charge in [0.15, 0.2) is 9.84 Å². The van der Waals surface area contributed by atoms with Gasteiger partial charge in [0.2, 0.25) is 0 Å². The number of hydrogen-bond donors (Lipinski definition) is 1. The van der Waals surface area contributed by atoms with Crippen LogP contribution in [0.4, 0.5) is 5.69 Å². The van der Waals surface area contributed by atoms with Crippen molar-refractivity contribution in [2.45, 2.75) is 31.6 Å². The summed E-state index contributed by atoms with van der Waals surface area (Å²) in [5, 5.41) is 3.33. The van der Waals surface area contributed by atoms with Crippen LogP contribution >= 0.6 is 11.6 Å². The van der Waals surface area contributed by atoms with E-state index in [1.165, 1.54) is 6.26 Å². The third-order valence-electron chi connectivity index (χ3n) is 3.04. The molecule has 3 nitrogen and oxygen atoms in total. The number of nitrogens with one attached hydrogen (secondary N) is 1. The van der Waals surface area contributed by atoms with Gasteiger partial charge in [-0.2, -0.15) is 0 Å². The highest BCUT2D eigenvalue weighted by atomic mass is 35.5. The van der Waals surface area contributed by atoms with Gasteiger partial charge in [-0.15, -0.1) is 11.6 Å². The van der Waals surface area contributed by atoms with E-state index in [-0.39, 0.29) is 5.41 Å². The number of anilines is 1. The van der Waals surface area contributed by atoms with Gasteiger partial charge in [0.05, 0.1) is 4.90 Å². The third-order valence-corrected chi connectivity index (χ3v) is 4.44. The zero-order valence-electron chi connectivity index (χ0n) is 11.7. The van der Waals surface area contributed by atoms with E-state index >= 15 is 0 Å². The molecule has 0 bridgehead atoms. The van der Waals surface area contributed by atoms with Crippen LogP contribution in [-0.2, 0) is 9.84 Å². The second kappa shape index (κ2) is 6.62. The van der Waals surface area contributed by atoms with E-state index in [0.29, 0.717) is 10.8 Å². The van der Waals surface area contributed by atoms with E-state index < -0.39 is 9.84 Å². The van der Waals surface area contributed by atoms with Gasteiger partial charge in [0, 0.05) is 24.4 Å². The molecule has 0 aromatic heterocycles. The number of rotatable bonds is 7. The minimum absolute atomic E-state index is 0.171. The lowest BCUT2D eigenvalue weighted by Crippen LogP contribution is -2.23. The summed E-state index contributed by atoms with van der Waals surface area (Å²) in [6.45, 7) is 5.22. The Bertz CT molecular complexity index is 495. The molecule has 0 saturated heterocycles. The molecule has 108 valence electrons. The fourth-order valence-electron chi connectivity index (χ4n) is 1.80. The molecule has 1 N–H and O–H groups in total. The van der Waals surface area contributed by atoms with E-state index in [2.05, 4.69) is 19.2 Å². The smallest absolute Gasteiger partial charge is 0.175 e. The van der Waals surface area contributed by atoms with Crippen molar-refractivity contribution < 1.29 is 8.42 Å². The van der Waals surface area contributed by atoms with Crippen molar-refractivity contribution in [2.24, 2.45) is 5.41 Å². The Morgan fingerprint density at radius 1 is 1.21 bits per heavy atom. The van der Waals surface area contributed by atoms with E-state index in [1.54, 1.807) is 24.3 Å². The molecule has 0 saturated carbocycles. The topological polar surface area (TPSA) is 46.2 Å². The van der Waals surface area contributed by atoms with Gasteiger partial charge < -0.3 is 5.32 Å². The first kappa shape index (κ1) is 16.3. The quantitative estimate of drug-likeness (QED) is 0.784. The molecule has 0 aliphatic heterocycles. The molecular formula is C14H22ClNO2S. The summed E-state index contributed by atoms with van der Waals surface area (Å²) in [4.78, 5) is 0.347. The first-order valence-electron chi connectivity index (χ1n) is 6.34. The monoisotopic (exact) mass is 303 g/mol. The predicted molar refractivity (Wildman–Crippen MR) is 81.8 cm³/mol. The zero-order valence-corrected chi connectivity index (χ0v) is 13.3. The SMILES string of the molecule is CC(C)(CCCCl)CNc1ccc(S(C)(=O)=O)cc1. The van der Waals surface area contributed by atoms with Gasteiger partial charge in [-0.3, -0.25) is 0 Å². The molecule has 0 heterocycles. The molecule has 1 rings (SSSR count). The highest BCUT2D eigenvalue weighted by molar-refractivity contribution is 7.90. The van der Waals surface area contributed by atoms with Gasteiger partial charge in [-0.1, -0.05) is 13.8 Å². The maximum atomic E-state index is 11.3. The van der Waals surface area contributed by atoms with Gasteiger partial charge in [0.25, 0.3) is 0 Å². The Balaban J connectivity index is 2.59. The standard InChI is InChI=1S/C14H22ClNO2S/c1-14(2,9-4-10-15)11-16-12-5-7-13(8-6-12)19(3,17)18/h5-8,16H,4,9-11H2,1-3H3. The minimum atomic E-state index is -3.12. The number of hydrogen-bond acceptors (Lipinski definition) is 3. The van der Waals surface area contributed by atoms with Crippen molar-refractivity contribution in [3.63, 3.8) is 0 Å². The first-order valence-corrected chi connectivity index (χ1v) is 8.77. The number of alkyl halides is 1. The molecule has 1 aromatic carbocycles. The van der Waals surface area contributed by atoms with Crippen molar-refractivity contribution in [1.82, 2.24) is 0 Å². The Morgan fingerprint density at radius 3 is 2.26 bits per heavy atom. The first-order chi connectivity index (χ1) is 8.74. The third kappa shape index (κ3) is 5.83. The lowest BCUT2D eigenvalue weighted by Gasteiger charge is -2.25. The van der Waals surface area contributed by atoms with Crippen LogP contribution in [0.1, 0.15) is 26.7 Å². The van der Waals surface area contributed by atoms with E-state index in [1.807, 2.05) is 0 Å². The molecule has 1 aromatic rings. The van der Waals surface area contributed by atoms with Crippen LogP contribution in [-0.4, -0.2) is 27.1 Å². The van der Waals surface area contributed by atoms with Crippen LogP contribution in [0.3, 0.4) is 0 Å². The molecule has 0 unspecified atom stereocenters. The highest BCUT2D eigenvalue weighted by Gasteiger charge is 2.16. The van der Waals surface area contributed by atoms with Gasteiger partial charge in [-0.25, -0.2) is 8.42 Å².